The summed E-state index contributed by atoms with van der Waals surface area (Å²) in [6, 6.07) is 9.81. The Morgan fingerprint density at radius 3 is 2.37 bits per heavy atom. The van der Waals surface area contributed by atoms with Crippen molar-refractivity contribution in [2.75, 3.05) is 7.11 Å². The Balaban J connectivity index is 2.59. The molecule has 104 valence electrons. The highest BCUT2D eigenvalue weighted by Gasteiger charge is 2.30. The first-order valence-electron chi connectivity index (χ1n) is 6.31. The molecule has 1 N–H and O–H groups in total. The average Bonchev–Trinajstić information content (AvgIpc) is 2.37. The van der Waals surface area contributed by atoms with Gasteiger partial charge in [-0.15, -0.1) is 0 Å². The average molecular weight is 263 g/mol. The fraction of sp³-hybridized carbons (Fsp3) is 0.467. The Hall–Kier alpha value is -1.84. The van der Waals surface area contributed by atoms with Gasteiger partial charge in [0.15, 0.2) is 0 Å². The number of benzene rings is 1. The summed E-state index contributed by atoms with van der Waals surface area (Å²) >= 11 is 0. The smallest absolute Gasteiger partial charge is 0.330 e. The number of nitrogens with one attached hydrogen (secondary N) is 1. The van der Waals surface area contributed by atoms with E-state index in [9.17, 15) is 9.59 Å². The van der Waals surface area contributed by atoms with Crippen molar-refractivity contribution in [3.8, 4) is 0 Å². The first-order valence-corrected chi connectivity index (χ1v) is 6.31. The van der Waals surface area contributed by atoms with E-state index < -0.39 is 11.5 Å². The summed E-state index contributed by atoms with van der Waals surface area (Å²) in [5, 5.41) is 2.69. The van der Waals surface area contributed by atoms with Gasteiger partial charge in [-0.3, -0.25) is 4.79 Å². The van der Waals surface area contributed by atoms with E-state index in [0.29, 0.717) is 6.42 Å². The quantitative estimate of drug-likeness (QED) is 0.829. The van der Waals surface area contributed by atoms with E-state index >= 15 is 0 Å². The SMILES string of the molecule is COC(=O)C(C)(C)NC(=O)C[C@@H](C)c1ccccc1. The van der Waals surface area contributed by atoms with Crippen LogP contribution in [-0.4, -0.2) is 24.5 Å². The molecule has 1 aromatic carbocycles. The summed E-state index contributed by atoms with van der Waals surface area (Å²) in [6.07, 6.45) is 0.338. The van der Waals surface area contributed by atoms with Crippen LogP contribution in [0.5, 0.6) is 0 Å². The lowest BCUT2D eigenvalue weighted by atomic mass is 9.96. The topological polar surface area (TPSA) is 55.4 Å². The van der Waals surface area contributed by atoms with Crippen LogP contribution in [0.2, 0.25) is 0 Å². The molecule has 0 saturated heterocycles. The molecule has 0 aliphatic rings. The molecule has 0 heterocycles. The fourth-order valence-corrected chi connectivity index (χ4v) is 1.88. The van der Waals surface area contributed by atoms with Crippen LogP contribution in [0, 0.1) is 0 Å². The highest BCUT2D eigenvalue weighted by atomic mass is 16.5. The Morgan fingerprint density at radius 2 is 1.84 bits per heavy atom. The van der Waals surface area contributed by atoms with Gasteiger partial charge in [-0.2, -0.15) is 0 Å². The molecule has 1 rings (SSSR count). The van der Waals surface area contributed by atoms with Gasteiger partial charge in [-0.1, -0.05) is 37.3 Å². The molecule has 0 aliphatic heterocycles. The molecular formula is C15H21NO3. The normalized spacial score (nSPS) is 12.6. The van der Waals surface area contributed by atoms with Crippen LogP contribution in [-0.2, 0) is 14.3 Å². The number of hydrogen-bond acceptors (Lipinski definition) is 3. The zero-order valence-corrected chi connectivity index (χ0v) is 11.9. The second-order valence-electron chi connectivity index (χ2n) is 5.18. The number of esters is 1. The van der Waals surface area contributed by atoms with Gasteiger partial charge in [-0.25, -0.2) is 4.79 Å². The standard InChI is InChI=1S/C15H21NO3/c1-11(12-8-6-5-7-9-12)10-13(17)16-15(2,3)14(18)19-4/h5-9,11H,10H2,1-4H3,(H,16,17)/t11-/m1/s1. The van der Waals surface area contributed by atoms with Gasteiger partial charge in [0.1, 0.15) is 5.54 Å². The van der Waals surface area contributed by atoms with Crippen molar-refractivity contribution in [3.63, 3.8) is 0 Å². The van der Waals surface area contributed by atoms with Crippen molar-refractivity contribution in [3.05, 3.63) is 35.9 Å². The molecule has 0 unspecified atom stereocenters. The Bertz CT molecular complexity index is 440. The van der Waals surface area contributed by atoms with E-state index in [1.807, 2.05) is 37.3 Å². The molecule has 0 spiro atoms. The van der Waals surface area contributed by atoms with Crippen LogP contribution in [0.25, 0.3) is 0 Å². The van der Waals surface area contributed by atoms with Crippen LogP contribution < -0.4 is 5.32 Å². The van der Waals surface area contributed by atoms with E-state index in [1.165, 1.54) is 7.11 Å². The third-order valence-corrected chi connectivity index (χ3v) is 3.01. The van der Waals surface area contributed by atoms with Gasteiger partial charge in [0.25, 0.3) is 0 Å². The first kappa shape index (κ1) is 15.2. The largest absolute Gasteiger partial charge is 0.467 e. The minimum atomic E-state index is -0.998. The van der Waals surface area contributed by atoms with Crippen molar-refractivity contribution in [1.29, 1.82) is 0 Å². The fourth-order valence-electron chi connectivity index (χ4n) is 1.88. The van der Waals surface area contributed by atoms with E-state index in [0.717, 1.165) is 5.56 Å². The molecule has 1 amide bonds. The van der Waals surface area contributed by atoms with Gasteiger partial charge in [0.2, 0.25) is 5.91 Å². The van der Waals surface area contributed by atoms with Crippen molar-refractivity contribution >= 4 is 11.9 Å². The van der Waals surface area contributed by atoms with Gasteiger partial charge >= 0.3 is 5.97 Å². The summed E-state index contributed by atoms with van der Waals surface area (Å²) < 4.78 is 4.65. The lowest BCUT2D eigenvalue weighted by Crippen LogP contribution is -2.50. The molecule has 0 bridgehead atoms. The van der Waals surface area contributed by atoms with Crippen LogP contribution in [0.4, 0.5) is 0 Å². The van der Waals surface area contributed by atoms with E-state index in [2.05, 4.69) is 10.1 Å². The van der Waals surface area contributed by atoms with Crippen LogP contribution in [0.3, 0.4) is 0 Å². The predicted octanol–water partition coefficient (Wildman–Crippen LogP) is 2.25. The molecule has 0 saturated carbocycles. The number of hydrogen-bond donors (Lipinski definition) is 1. The zero-order chi connectivity index (χ0) is 14.5. The maximum absolute atomic E-state index is 11.9. The third-order valence-electron chi connectivity index (χ3n) is 3.01. The maximum Gasteiger partial charge on any atom is 0.330 e. The minimum Gasteiger partial charge on any atom is -0.467 e. The van der Waals surface area contributed by atoms with Crippen LogP contribution in [0.15, 0.2) is 30.3 Å². The monoisotopic (exact) mass is 263 g/mol. The Morgan fingerprint density at radius 1 is 1.26 bits per heavy atom. The number of carbonyl (C=O) groups excluding carboxylic acids is 2. The van der Waals surface area contributed by atoms with Crippen LogP contribution >= 0.6 is 0 Å². The van der Waals surface area contributed by atoms with E-state index in [-0.39, 0.29) is 11.8 Å². The predicted molar refractivity (Wildman–Crippen MR) is 73.7 cm³/mol. The summed E-state index contributed by atoms with van der Waals surface area (Å²) in [5.74, 6) is -0.505. The van der Waals surface area contributed by atoms with Gasteiger partial charge < -0.3 is 10.1 Å². The molecule has 4 heteroatoms. The molecule has 0 radical (unpaired) electrons. The van der Waals surface area contributed by atoms with Gasteiger partial charge in [0.05, 0.1) is 7.11 Å². The number of amides is 1. The highest BCUT2D eigenvalue weighted by Crippen LogP contribution is 2.18. The lowest BCUT2D eigenvalue weighted by Gasteiger charge is -2.24. The summed E-state index contributed by atoms with van der Waals surface area (Å²) in [6.45, 7) is 5.24. The molecule has 0 fully saturated rings. The highest BCUT2D eigenvalue weighted by molar-refractivity contribution is 5.87. The Kier molecular flexibility index (Phi) is 5.10. The minimum absolute atomic E-state index is 0.106. The molecule has 0 aliphatic carbocycles. The molecule has 1 aromatic rings. The second-order valence-corrected chi connectivity index (χ2v) is 5.18. The zero-order valence-electron chi connectivity index (χ0n) is 11.9. The van der Waals surface area contributed by atoms with Crippen molar-refractivity contribution < 1.29 is 14.3 Å². The first-order chi connectivity index (χ1) is 8.86. The maximum atomic E-state index is 11.9. The second kappa shape index (κ2) is 6.36. The van der Waals surface area contributed by atoms with Crippen LogP contribution in [0.1, 0.15) is 38.7 Å². The van der Waals surface area contributed by atoms with Crippen molar-refractivity contribution in [2.45, 2.75) is 38.6 Å². The van der Waals surface area contributed by atoms with Crippen molar-refractivity contribution in [1.82, 2.24) is 5.32 Å². The van der Waals surface area contributed by atoms with Gasteiger partial charge in [-0.05, 0) is 25.3 Å². The third kappa shape index (κ3) is 4.39. The number of carbonyl (C=O) groups is 2. The summed E-state index contributed by atoms with van der Waals surface area (Å²) in [7, 11) is 1.31. The molecule has 1 atom stereocenters. The molecule has 4 nitrogen and oxygen atoms in total. The molecule has 19 heavy (non-hydrogen) atoms. The number of ether oxygens (including phenoxy) is 1. The Labute approximate surface area is 114 Å². The number of rotatable bonds is 5. The molecule has 0 aromatic heterocycles. The summed E-state index contributed by atoms with van der Waals surface area (Å²) in [4.78, 5) is 23.4. The van der Waals surface area contributed by atoms with E-state index in [1.54, 1.807) is 13.8 Å². The molecular weight excluding hydrogens is 242 g/mol. The van der Waals surface area contributed by atoms with Gasteiger partial charge in [0, 0.05) is 6.42 Å². The number of methoxy groups -OCH3 is 1. The summed E-state index contributed by atoms with van der Waals surface area (Å²) in [5.41, 5.74) is 0.107. The lowest BCUT2D eigenvalue weighted by molar-refractivity contribution is -0.149. The van der Waals surface area contributed by atoms with Crippen molar-refractivity contribution in [2.24, 2.45) is 0 Å². The van der Waals surface area contributed by atoms with E-state index in [4.69, 9.17) is 0 Å².